The predicted molar refractivity (Wildman–Crippen MR) is 88.7 cm³/mol. The lowest BCUT2D eigenvalue weighted by Crippen LogP contribution is -2.46. The standard InChI is InChI=1S/C19H21FN2O/c20-16-6-2-4-8-18(16)21-11-9-15(10-12-21)22-17-7-3-1-5-14(17)13-19(22)23/h1,3,5-8,15H,2,4,9-13H2. The van der Waals surface area contributed by atoms with Gasteiger partial charge in [-0.15, -0.1) is 0 Å². The van der Waals surface area contributed by atoms with Crippen molar-refractivity contribution in [2.24, 2.45) is 0 Å². The Morgan fingerprint density at radius 3 is 2.57 bits per heavy atom. The largest absolute Gasteiger partial charge is 0.369 e. The summed E-state index contributed by atoms with van der Waals surface area (Å²) in [5, 5.41) is 0. The van der Waals surface area contributed by atoms with E-state index in [0.717, 1.165) is 55.7 Å². The Kier molecular flexibility index (Phi) is 3.68. The minimum atomic E-state index is -0.0858. The van der Waals surface area contributed by atoms with Crippen LogP contribution in [0.2, 0.25) is 0 Å². The van der Waals surface area contributed by atoms with Crippen LogP contribution in [0.25, 0.3) is 0 Å². The molecule has 3 aliphatic rings. The normalized spacial score (nSPS) is 22.0. The van der Waals surface area contributed by atoms with Gasteiger partial charge in [0.05, 0.1) is 12.1 Å². The summed E-state index contributed by atoms with van der Waals surface area (Å²) in [5.74, 6) is 0.116. The topological polar surface area (TPSA) is 23.6 Å². The van der Waals surface area contributed by atoms with Crippen LogP contribution in [0.3, 0.4) is 0 Å². The molecule has 1 saturated heterocycles. The quantitative estimate of drug-likeness (QED) is 0.833. The summed E-state index contributed by atoms with van der Waals surface area (Å²) in [6.45, 7) is 1.62. The number of rotatable bonds is 2. The Hall–Kier alpha value is -2.10. The Balaban J connectivity index is 1.47. The highest BCUT2D eigenvalue weighted by atomic mass is 19.1. The van der Waals surface area contributed by atoms with E-state index in [-0.39, 0.29) is 17.8 Å². The first-order valence-electron chi connectivity index (χ1n) is 8.45. The fourth-order valence-corrected chi connectivity index (χ4v) is 3.96. The van der Waals surface area contributed by atoms with Gasteiger partial charge in [0, 0.05) is 24.8 Å². The van der Waals surface area contributed by atoms with E-state index < -0.39 is 0 Å². The van der Waals surface area contributed by atoms with Crippen LogP contribution in [-0.4, -0.2) is 29.9 Å². The maximum atomic E-state index is 14.0. The molecule has 1 aromatic rings. The van der Waals surface area contributed by atoms with Crippen molar-refractivity contribution in [3.05, 3.63) is 53.5 Å². The van der Waals surface area contributed by atoms with Crippen molar-refractivity contribution in [1.29, 1.82) is 0 Å². The maximum Gasteiger partial charge on any atom is 0.231 e. The van der Waals surface area contributed by atoms with Crippen molar-refractivity contribution >= 4 is 11.6 Å². The fourth-order valence-electron chi connectivity index (χ4n) is 3.96. The molecule has 0 bridgehead atoms. The Labute approximate surface area is 136 Å². The van der Waals surface area contributed by atoms with Crippen LogP contribution in [0.15, 0.2) is 47.9 Å². The molecule has 0 atom stereocenters. The smallest absolute Gasteiger partial charge is 0.231 e. The van der Waals surface area contributed by atoms with Crippen molar-refractivity contribution in [3.8, 4) is 0 Å². The zero-order valence-corrected chi connectivity index (χ0v) is 13.2. The number of para-hydroxylation sites is 1. The van der Waals surface area contributed by atoms with E-state index in [4.69, 9.17) is 0 Å². The molecule has 0 radical (unpaired) electrons. The second-order valence-corrected chi connectivity index (χ2v) is 6.51. The zero-order chi connectivity index (χ0) is 15.8. The zero-order valence-electron chi connectivity index (χ0n) is 13.2. The van der Waals surface area contributed by atoms with Gasteiger partial charge in [0.25, 0.3) is 0 Å². The third-order valence-corrected chi connectivity index (χ3v) is 5.10. The number of hydrogen-bond acceptors (Lipinski definition) is 2. The highest BCUT2D eigenvalue weighted by molar-refractivity contribution is 6.01. The highest BCUT2D eigenvalue weighted by Gasteiger charge is 2.35. The number of anilines is 1. The minimum absolute atomic E-state index is 0.0858. The number of amides is 1. The molecule has 1 aliphatic carbocycles. The average molecular weight is 312 g/mol. The summed E-state index contributed by atoms with van der Waals surface area (Å²) in [7, 11) is 0. The van der Waals surface area contributed by atoms with E-state index in [0.29, 0.717) is 6.42 Å². The number of fused-ring (bicyclic) bond motifs is 1. The lowest BCUT2D eigenvalue weighted by atomic mass is 10.0. The van der Waals surface area contributed by atoms with Crippen molar-refractivity contribution in [2.75, 3.05) is 18.0 Å². The number of piperidine rings is 1. The third kappa shape index (κ3) is 2.56. The molecule has 120 valence electrons. The molecular formula is C19H21FN2O. The Morgan fingerprint density at radius 2 is 1.78 bits per heavy atom. The summed E-state index contributed by atoms with van der Waals surface area (Å²) in [5.41, 5.74) is 2.95. The van der Waals surface area contributed by atoms with Gasteiger partial charge in [0.15, 0.2) is 0 Å². The molecule has 2 aliphatic heterocycles. The number of carbonyl (C=O) groups is 1. The van der Waals surface area contributed by atoms with E-state index in [2.05, 4.69) is 4.90 Å². The van der Waals surface area contributed by atoms with E-state index in [1.165, 1.54) is 0 Å². The summed E-state index contributed by atoms with van der Waals surface area (Å²) in [6.07, 6.45) is 7.70. The molecule has 0 saturated carbocycles. The highest BCUT2D eigenvalue weighted by Crippen LogP contribution is 2.34. The monoisotopic (exact) mass is 312 g/mol. The molecule has 1 amide bonds. The summed E-state index contributed by atoms with van der Waals surface area (Å²) in [4.78, 5) is 16.5. The predicted octanol–water partition coefficient (Wildman–Crippen LogP) is 3.57. The van der Waals surface area contributed by atoms with Gasteiger partial charge >= 0.3 is 0 Å². The first-order valence-corrected chi connectivity index (χ1v) is 8.45. The number of carbonyl (C=O) groups excluding carboxylic acids is 1. The van der Waals surface area contributed by atoms with Crippen LogP contribution in [-0.2, 0) is 11.2 Å². The van der Waals surface area contributed by atoms with E-state index >= 15 is 0 Å². The molecule has 2 heterocycles. The van der Waals surface area contributed by atoms with Gasteiger partial charge in [-0.3, -0.25) is 4.79 Å². The second-order valence-electron chi connectivity index (χ2n) is 6.51. The first kappa shape index (κ1) is 14.5. The molecule has 4 heteroatoms. The van der Waals surface area contributed by atoms with Crippen LogP contribution < -0.4 is 4.90 Å². The first-order chi connectivity index (χ1) is 11.2. The summed E-state index contributed by atoms with van der Waals surface area (Å²) >= 11 is 0. The number of likely N-dealkylation sites (tertiary alicyclic amines) is 1. The number of halogens is 1. The molecule has 0 aromatic heterocycles. The lowest BCUT2D eigenvalue weighted by molar-refractivity contribution is -0.118. The fraction of sp³-hybridized carbons (Fsp3) is 0.421. The molecule has 0 N–H and O–H groups in total. The van der Waals surface area contributed by atoms with Crippen molar-refractivity contribution in [3.63, 3.8) is 0 Å². The van der Waals surface area contributed by atoms with Gasteiger partial charge in [0.1, 0.15) is 5.83 Å². The lowest BCUT2D eigenvalue weighted by Gasteiger charge is -2.39. The van der Waals surface area contributed by atoms with Gasteiger partial charge in [-0.25, -0.2) is 4.39 Å². The van der Waals surface area contributed by atoms with E-state index in [9.17, 15) is 9.18 Å². The van der Waals surface area contributed by atoms with Gasteiger partial charge < -0.3 is 9.80 Å². The van der Waals surface area contributed by atoms with Crippen LogP contribution in [0.5, 0.6) is 0 Å². The number of benzene rings is 1. The number of allylic oxidation sites excluding steroid dienone is 3. The molecular weight excluding hydrogens is 291 g/mol. The second kappa shape index (κ2) is 5.84. The van der Waals surface area contributed by atoms with Gasteiger partial charge in [-0.2, -0.15) is 0 Å². The minimum Gasteiger partial charge on any atom is -0.369 e. The van der Waals surface area contributed by atoms with E-state index in [1.54, 1.807) is 6.08 Å². The molecule has 23 heavy (non-hydrogen) atoms. The third-order valence-electron chi connectivity index (χ3n) is 5.10. The summed E-state index contributed by atoms with van der Waals surface area (Å²) < 4.78 is 14.0. The van der Waals surface area contributed by atoms with Crippen molar-refractivity contribution < 1.29 is 9.18 Å². The van der Waals surface area contributed by atoms with Crippen molar-refractivity contribution in [1.82, 2.24) is 4.90 Å². The van der Waals surface area contributed by atoms with Crippen LogP contribution >= 0.6 is 0 Å². The van der Waals surface area contributed by atoms with E-state index in [1.807, 2.05) is 35.2 Å². The Bertz CT molecular complexity index is 686. The van der Waals surface area contributed by atoms with Gasteiger partial charge in [-0.05, 0) is 43.4 Å². The molecule has 0 spiro atoms. The van der Waals surface area contributed by atoms with Crippen LogP contribution in [0.1, 0.15) is 31.2 Å². The van der Waals surface area contributed by atoms with Gasteiger partial charge in [-0.1, -0.05) is 24.3 Å². The van der Waals surface area contributed by atoms with Crippen LogP contribution in [0.4, 0.5) is 10.1 Å². The molecule has 1 fully saturated rings. The Morgan fingerprint density at radius 1 is 1.04 bits per heavy atom. The number of nitrogens with zero attached hydrogens (tertiary/aromatic N) is 2. The molecule has 1 aromatic carbocycles. The van der Waals surface area contributed by atoms with Crippen LogP contribution in [0, 0.1) is 0 Å². The number of hydrogen-bond donors (Lipinski definition) is 0. The summed E-state index contributed by atoms with van der Waals surface area (Å²) in [6, 6.07) is 8.29. The molecule has 4 rings (SSSR count). The molecule has 3 nitrogen and oxygen atoms in total. The SMILES string of the molecule is O=C1Cc2ccccc2N1C1CCN(C2=CCCC=C2F)CC1. The average Bonchev–Trinajstić information content (AvgIpc) is 2.91. The maximum absolute atomic E-state index is 14.0. The van der Waals surface area contributed by atoms with Crippen molar-refractivity contribution in [2.45, 2.75) is 38.1 Å². The van der Waals surface area contributed by atoms with Gasteiger partial charge in [0.2, 0.25) is 5.91 Å². The molecule has 0 unspecified atom stereocenters.